The first kappa shape index (κ1) is 20.5. The van der Waals surface area contributed by atoms with E-state index in [-0.39, 0.29) is 18.0 Å². The summed E-state index contributed by atoms with van der Waals surface area (Å²) in [4.78, 5) is 14.9. The van der Waals surface area contributed by atoms with Crippen LogP contribution in [0.1, 0.15) is 43.0 Å². The summed E-state index contributed by atoms with van der Waals surface area (Å²) in [6.07, 6.45) is 2.06. The minimum atomic E-state index is -0.0682. The molecule has 6 heteroatoms. The van der Waals surface area contributed by atoms with Gasteiger partial charge in [0.15, 0.2) is 0 Å². The molecular formula is C22H27ClN2O3. The molecule has 1 saturated heterocycles. The van der Waals surface area contributed by atoms with E-state index in [4.69, 9.17) is 21.1 Å². The van der Waals surface area contributed by atoms with Crippen LogP contribution in [0.3, 0.4) is 0 Å². The standard InChI is InChI=1S/C22H27ClN2O3/c1-15(16-6-8-17(23)9-7-16)24-22(26)14-25-12-4-5-20(25)19-11-10-18(27-2)13-21(19)28-3/h6-11,13,15,20H,4-5,12,14H2,1-3H3,(H,24,26)/t15-,20+/m0/s1. The van der Waals surface area contributed by atoms with Crippen molar-refractivity contribution in [2.75, 3.05) is 27.3 Å². The largest absolute Gasteiger partial charge is 0.497 e. The van der Waals surface area contributed by atoms with Crippen molar-refractivity contribution in [1.29, 1.82) is 0 Å². The van der Waals surface area contributed by atoms with E-state index < -0.39 is 0 Å². The molecule has 0 bridgehead atoms. The third-order valence-corrected chi connectivity index (χ3v) is 5.51. The number of amides is 1. The number of hydrogen-bond acceptors (Lipinski definition) is 4. The Morgan fingerprint density at radius 2 is 1.96 bits per heavy atom. The summed E-state index contributed by atoms with van der Waals surface area (Å²) in [5.41, 5.74) is 2.13. The molecule has 5 nitrogen and oxygen atoms in total. The fraction of sp³-hybridized carbons (Fsp3) is 0.409. The van der Waals surface area contributed by atoms with Gasteiger partial charge in [0.25, 0.3) is 0 Å². The van der Waals surface area contributed by atoms with E-state index in [0.717, 1.165) is 42.0 Å². The van der Waals surface area contributed by atoms with Crippen molar-refractivity contribution in [3.63, 3.8) is 0 Å². The van der Waals surface area contributed by atoms with Crippen LogP contribution in [0.15, 0.2) is 42.5 Å². The number of nitrogens with zero attached hydrogens (tertiary/aromatic N) is 1. The smallest absolute Gasteiger partial charge is 0.234 e. The summed E-state index contributed by atoms with van der Waals surface area (Å²) >= 11 is 5.94. The Morgan fingerprint density at radius 3 is 2.64 bits per heavy atom. The molecule has 0 spiro atoms. The van der Waals surface area contributed by atoms with Crippen LogP contribution in [-0.4, -0.2) is 38.1 Å². The maximum Gasteiger partial charge on any atom is 0.234 e. The zero-order valence-electron chi connectivity index (χ0n) is 16.6. The summed E-state index contributed by atoms with van der Waals surface area (Å²) in [6, 6.07) is 13.5. The molecule has 1 N–H and O–H groups in total. The molecule has 150 valence electrons. The number of halogens is 1. The topological polar surface area (TPSA) is 50.8 Å². The first-order valence-electron chi connectivity index (χ1n) is 9.52. The summed E-state index contributed by atoms with van der Waals surface area (Å²) < 4.78 is 10.9. The first-order valence-corrected chi connectivity index (χ1v) is 9.90. The van der Waals surface area contributed by atoms with E-state index in [1.54, 1.807) is 14.2 Å². The molecule has 1 fully saturated rings. The third kappa shape index (κ3) is 4.78. The molecule has 2 aromatic carbocycles. The van der Waals surface area contributed by atoms with Gasteiger partial charge in [0.05, 0.1) is 26.8 Å². The van der Waals surface area contributed by atoms with Crippen molar-refractivity contribution in [3.05, 3.63) is 58.6 Å². The Morgan fingerprint density at radius 1 is 1.21 bits per heavy atom. The Balaban J connectivity index is 1.66. The van der Waals surface area contributed by atoms with Crippen LogP contribution in [0, 0.1) is 0 Å². The van der Waals surface area contributed by atoms with E-state index >= 15 is 0 Å². The third-order valence-electron chi connectivity index (χ3n) is 5.26. The molecule has 1 amide bonds. The van der Waals surface area contributed by atoms with Crippen molar-refractivity contribution < 1.29 is 14.3 Å². The number of carbonyl (C=O) groups excluding carboxylic acids is 1. The zero-order valence-corrected chi connectivity index (χ0v) is 17.3. The van der Waals surface area contributed by atoms with Crippen LogP contribution >= 0.6 is 11.6 Å². The van der Waals surface area contributed by atoms with E-state index in [0.29, 0.717) is 11.6 Å². The van der Waals surface area contributed by atoms with Crippen molar-refractivity contribution in [3.8, 4) is 11.5 Å². The van der Waals surface area contributed by atoms with Crippen molar-refractivity contribution >= 4 is 17.5 Å². The second-order valence-electron chi connectivity index (χ2n) is 7.08. The average molecular weight is 403 g/mol. The summed E-state index contributed by atoms with van der Waals surface area (Å²) in [5, 5.41) is 3.78. The molecule has 1 aliphatic heterocycles. The van der Waals surface area contributed by atoms with Crippen molar-refractivity contribution in [2.45, 2.75) is 31.8 Å². The van der Waals surface area contributed by atoms with E-state index in [9.17, 15) is 4.79 Å². The molecule has 0 radical (unpaired) electrons. The zero-order chi connectivity index (χ0) is 20.1. The number of nitrogens with one attached hydrogen (secondary N) is 1. The molecule has 2 aromatic rings. The Hall–Kier alpha value is -2.24. The SMILES string of the molecule is COc1ccc([C@H]2CCCN2CC(=O)N[C@@H](C)c2ccc(Cl)cc2)c(OC)c1. The molecule has 1 aliphatic rings. The number of methoxy groups -OCH3 is 2. The monoisotopic (exact) mass is 402 g/mol. The van der Waals surface area contributed by atoms with Crippen LogP contribution in [-0.2, 0) is 4.79 Å². The van der Waals surface area contributed by atoms with Gasteiger partial charge in [0.2, 0.25) is 5.91 Å². The molecule has 1 heterocycles. The van der Waals surface area contributed by atoms with Crippen LogP contribution in [0.4, 0.5) is 0 Å². The fourth-order valence-corrected chi connectivity index (χ4v) is 3.89. The highest BCUT2D eigenvalue weighted by Crippen LogP contribution is 2.38. The van der Waals surface area contributed by atoms with Gasteiger partial charge in [-0.1, -0.05) is 29.8 Å². The maximum atomic E-state index is 12.7. The lowest BCUT2D eigenvalue weighted by atomic mass is 10.0. The van der Waals surface area contributed by atoms with E-state index in [1.165, 1.54) is 0 Å². The second kappa shape index (κ2) is 9.30. The highest BCUT2D eigenvalue weighted by Gasteiger charge is 2.30. The molecule has 2 atom stereocenters. The Bertz CT molecular complexity index is 810. The minimum absolute atomic E-state index is 0.0156. The number of hydrogen-bond donors (Lipinski definition) is 1. The molecule has 0 aromatic heterocycles. The lowest BCUT2D eigenvalue weighted by Gasteiger charge is -2.26. The Labute approximate surface area is 171 Å². The number of likely N-dealkylation sites (tertiary alicyclic amines) is 1. The van der Waals surface area contributed by atoms with Gasteiger partial charge in [-0.3, -0.25) is 9.69 Å². The Kier molecular flexibility index (Phi) is 6.81. The van der Waals surface area contributed by atoms with Gasteiger partial charge in [-0.2, -0.15) is 0 Å². The number of benzene rings is 2. The molecule has 0 unspecified atom stereocenters. The van der Waals surface area contributed by atoms with Crippen molar-refractivity contribution in [1.82, 2.24) is 10.2 Å². The van der Waals surface area contributed by atoms with Gasteiger partial charge in [0.1, 0.15) is 11.5 Å². The molecule has 0 saturated carbocycles. The fourth-order valence-electron chi connectivity index (χ4n) is 3.77. The normalized spacial score (nSPS) is 17.9. The number of ether oxygens (including phenoxy) is 2. The van der Waals surface area contributed by atoms with E-state index in [1.807, 2.05) is 49.4 Å². The van der Waals surface area contributed by atoms with Crippen LogP contribution in [0.2, 0.25) is 5.02 Å². The molecule has 0 aliphatic carbocycles. The van der Waals surface area contributed by atoms with Gasteiger partial charge in [-0.15, -0.1) is 0 Å². The number of carbonyl (C=O) groups is 1. The van der Waals surface area contributed by atoms with Crippen LogP contribution in [0.25, 0.3) is 0 Å². The lowest BCUT2D eigenvalue weighted by Crippen LogP contribution is -2.38. The maximum absolute atomic E-state index is 12.7. The minimum Gasteiger partial charge on any atom is -0.497 e. The second-order valence-corrected chi connectivity index (χ2v) is 7.51. The van der Waals surface area contributed by atoms with Crippen LogP contribution < -0.4 is 14.8 Å². The predicted octanol–water partition coefficient (Wildman–Crippen LogP) is 4.37. The van der Waals surface area contributed by atoms with Gasteiger partial charge in [0, 0.05) is 22.7 Å². The summed E-state index contributed by atoms with van der Waals surface area (Å²) in [6.45, 7) is 3.23. The first-order chi connectivity index (χ1) is 13.5. The molecule has 28 heavy (non-hydrogen) atoms. The van der Waals surface area contributed by atoms with Gasteiger partial charge in [-0.05, 0) is 50.1 Å². The summed E-state index contributed by atoms with van der Waals surface area (Å²) in [7, 11) is 3.31. The quantitative estimate of drug-likeness (QED) is 0.747. The lowest BCUT2D eigenvalue weighted by molar-refractivity contribution is -0.123. The summed E-state index contributed by atoms with van der Waals surface area (Å²) in [5.74, 6) is 1.58. The predicted molar refractivity (Wildman–Crippen MR) is 111 cm³/mol. The average Bonchev–Trinajstić information content (AvgIpc) is 3.15. The molecular weight excluding hydrogens is 376 g/mol. The van der Waals surface area contributed by atoms with Crippen LogP contribution in [0.5, 0.6) is 11.5 Å². The van der Waals surface area contributed by atoms with Gasteiger partial charge in [-0.25, -0.2) is 0 Å². The van der Waals surface area contributed by atoms with Crippen molar-refractivity contribution in [2.24, 2.45) is 0 Å². The van der Waals surface area contributed by atoms with E-state index in [2.05, 4.69) is 10.2 Å². The molecule has 3 rings (SSSR count). The van der Waals surface area contributed by atoms with Gasteiger partial charge >= 0.3 is 0 Å². The highest BCUT2D eigenvalue weighted by atomic mass is 35.5. The van der Waals surface area contributed by atoms with Gasteiger partial charge < -0.3 is 14.8 Å². The highest BCUT2D eigenvalue weighted by molar-refractivity contribution is 6.30. The number of rotatable bonds is 7.